The van der Waals surface area contributed by atoms with Gasteiger partial charge in [0.1, 0.15) is 6.61 Å². The second-order valence-corrected chi connectivity index (χ2v) is 9.39. The first-order chi connectivity index (χ1) is 17.7. The zero-order valence-electron chi connectivity index (χ0n) is 22.0. The Balaban J connectivity index is 0.000000309. The smallest absolute Gasteiger partial charge is 0.313 e. The summed E-state index contributed by atoms with van der Waals surface area (Å²) in [7, 11) is 0. The third-order valence-electron chi connectivity index (χ3n) is 6.25. The highest BCUT2D eigenvalue weighted by atomic mass is 35.5. The van der Waals surface area contributed by atoms with E-state index < -0.39 is 4.92 Å². The molecule has 0 amide bonds. The van der Waals surface area contributed by atoms with Crippen molar-refractivity contribution in [2.24, 2.45) is 0 Å². The van der Waals surface area contributed by atoms with Crippen LogP contribution in [-0.2, 0) is 0 Å². The van der Waals surface area contributed by atoms with Gasteiger partial charge in [0.25, 0.3) is 0 Å². The SMILES string of the molecule is Cc1cccc(O)c1[N+](=O)[O-].Cc1cccc(OCCN2CCCC2)c1[N+](=O)[O-].Cl.ClCCN1CCCC1. The van der Waals surface area contributed by atoms with Gasteiger partial charge in [-0.2, -0.15) is 0 Å². The molecule has 0 spiro atoms. The van der Waals surface area contributed by atoms with Crippen LogP contribution in [0, 0.1) is 34.1 Å². The van der Waals surface area contributed by atoms with Crippen molar-refractivity contribution >= 4 is 35.4 Å². The Morgan fingerprint density at radius 3 is 1.76 bits per heavy atom. The molecule has 0 aromatic heterocycles. The molecule has 2 heterocycles. The predicted octanol–water partition coefficient (Wildman–Crippen LogP) is 5.73. The highest BCUT2D eigenvalue weighted by Crippen LogP contribution is 2.30. The zero-order chi connectivity index (χ0) is 27.2. The number of ether oxygens (including phenoxy) is 1. The summed E-state index contributed by atoms with van der Waals surface area (Å²) >= 11 is 5.54. The van der Waals surface area contributed by atoms with Gasteiger partial charge in [-0.05, 0) is 77.8 Å². The number of phenolic OH excluding ortho intramolecular Hbond substituents is 1. The molecule has 2 aliphatic rings. The van der Waals surface area contributed by atoms with Crippen LogP contribution in [0.25, 0.3) is 0 Å². The molecule has 212 valence electrons. The number of nitrogens with zero attached hydrogens (tertiary/aromatic N) is 4. The van der Waals surface area contributed by atoms with E-state index in [0.717, 1.165) is 32.1 Å². The Hall–Kier alpha value is -2.66. The summed E-state index contributed by atoms with van der Waals surface area (Å²) in [5, 5.41) is 30.3. The van der Waals surface area contributed by atoms with Crippen LogP contribution in [0.1, 0.15) is 36.8 Å². The molecule has 0 unspecified atom stereocenters. The van der Waals surface area contributed by atoms with Crippen molar-refractivity contribution in [2.45, 2.75) is 39.5 Å². The van der Waals surface area contributed by atoms with E-state index in [9.17, 15) is 20.2 Å². The van der Waals surface area contributed by atoms with Gasteiger partial charge in [-0.15, -0.1) is 24.0 Å². The van der Waals surface area contributed by atoms with E-state index in [1.807, 2.05) is 0 Å². The number of phenols is 1. The third-order valence-corrected chi connectivity index (χ3v) is 6.41. The average molecular weight is 574 g/mol. The lowest BCUT2D eigenvalue weighted by Crippen LogP contribution is -2.25. The summed E-state index contributed by atoms with van der Waals surface area (Å²) in [5.74, 6) is 0.884. The number of para-hydroxylation sites is 2. The molecule has 0 saturated carbocycles. The molecular formula is C26H38Cl2N4O6. The van der Waals surface area contributed by atoms with Crippen LogP contribution in [0.5, 0.6) is 11.5 Å². The van der Waals surface area contributed by atoms with Gasteiger partial charge in [0.2, 0.25) is 0 Å². The van der Waals surface area contributed by atoms with Crippen LogP contribution >= 0.6 is 24.0 Å². The van der Waals surface area contributed by atoms with E-state index in [2.05, 4.69) is 9.80 Å². The molecule has 10 nitrogen and oxygen atoms in total. The van der Waals surface area contributed by atoms with E-state index in [0.29, 0.717) is 23.5 Å². The molecule has 2 aromatic rings. The number of halogens is 2. The molecule has 0 bridgehead atoms. The largest absolute Gasteiger partial charge is 0.502 e. The minimum absolute atomic E-state index is 0. The Morgan fingerprint density at radius 1 is 0.842 bits per heavy atom. The second kappa shape index (κ2) is 17.8. The molecule has 4 rings (SSSR count). The van der Waals surface area contributed by atoms with Crippen LogP contribution < -0.4 is 4.74 Å². The topological polar surface area (TPSA) is 122 Å². The molecule has 38 heavy (non-hydrogen) atoms. The number of alkyl halides is 1. The van der Waals surface area contributed by atoms with Crippen molar-refractivity contribution in [1.82, 2.24) is 9.80 Å². The van der Waals surface area contributed by atoms with Gasteiger partial charge in [0, 0.05) is 30.1 Å². The summed E-state index contributed by atoms with van der Waals surface area (Å²) in [4.78, 5) is 25.0. The van der Waals surface area contributed by atoms with Gasteiger partial charge < -0.3 is 14.7 Å². The molecule has 12 heteroatoms. The summed E-state index contributed by atoms with van der Waals surface area (Å²) < 4.78 is 5.56. The molecule has 2 aromatic carbocycles. The molecule has 2 fully saturated rings. The first-order valence-electron chi connectivity index (χ1n) is 12.5. The normalized spacial score (nSPS) is 14.9. The highest BCUT2D eigenvalue weighted by Gasteiger charge is 2.19. The number of benzene rings is 2. The third kappa shape index (κ3) is 11.0. The number of hydrogen-bond acceptors (Lipinski definition) is 8. The van der Waals surface area contributed by atoms with Gasteiger partial charge in [-0.25, -0.2) is 0 Å². The van der Waals surface area contributed by atoms with E-state index in [4.69, 9.17) is 21.4 Å². The Kier molecular flexibility index (Phi) is 15.6. The zero-order valence-corrected chi connectivity index (χ0v) is 23.6. The van der Waals surface area contributed by atoms with Crippen molar-refractivity contribution in [3.63, 3.8) is 0 Å². The summed E-state index contributed by atoms with van der Waals surface area (Å²) in [6, 6.07) is 9.62. The fourth-order valence-corrected chi connectivity index (χ4v) is 4.52. The fourth-order valence-electron chi connectivity index (χ4n) is 4.28. The van der Waals surface area contributed by atoms with Crippen molar-refractivity contribution in [3.8, 4) is 11.5 Å². The first kappa shape index (κ1) is 33.4. The molecule has 2 saturated heterocycles. The van der Waals surface area contributed by atoms with Crippen molar-refractivity contribution < 1.29 is 19.7 Å². The number of aryl methyl sites for hydroxylation is 2. The summed E-state index contributed by atoms with van der Waals surface area (Å²) in [6.07, 6.45) is 5.23. The number of aromatic hydroxyl groups is 1. The lowest BCUT2D eigenvalue weighted by Gasteiger charge is -2.15. The molecule has 2 aliphatic heterocycles. The van der Waals surface area contributed by atoms with Gasteiger partial charge in [0.05, 0.1) is 9.85 Å². The lowest BCUT2D eigenvalue weighted by atomic mass is 10.2. The van der Waals surface area contributed by atoms with Gasteiger partial charge in [-0.3, -0.25) is 25.1 Å². The molecule has 0 radical (unpaired) electrons. The number of hydrogen-bond donors (Lipinski definition) is 1. The van der Waals surface area contributed by atoms with Crippen molar-refractivity contribution in [3.05, 3.63) is 67.8 Å². The molecule has 0 aliphatic carbocycles. The van der Waals surface area contributed by atoms with E-state index in [1.165, 1.54) is 44.8 Å². The molecule has 0 atom stereocenters. The van der Waals surface area contributed by atoms with Crippen LogP contribution in [0.3, 0.4) is 0 Å². The Morgan fingerprint density at radius 2 is 1.32 bits per heavy atom. The maximum absolute atomic E-state index is 11.0. The number of nitro groups is 2. The molecular weight excluding hydrogens is 535 g/mol. The van der Waals surface area contributed by atoms with Crippen LogP contribution in [0.4, 0.5) is 11.4 Å². The first-order valence-corrected chi connectivity index (χ1v) is 13.1. The quantitative estimate of drug-likeness (QED) is 0.241. The lowest BCUT2D eigenvalue weighted by molar-refractivity contribution is -0.386. The second-order valence-electron chi connectivity index (χ2n) is 9.01. The number of likely N-dealkylation sites (tertiary alicyclic amines) is 2. The Labute approximate surface area is 235 Å². The maximum atomic E-state index is 11.0. The number of nitro benzene ring substituents is 2. The summed E-state index contributed by atoms with van der Waals surface area (Å²) in [6.45, 7) is 10.5. The fraction of sp³-hybridized carbons (Fsp3) is 0.538. The highest BCUT2D eigenvalue weighted by molar-refractivity contribution is 6.18. The standard InChI is InChI=1S/C13H18N2O3.C7H7NO3.C6H12ClN.ClH/c1-11-5-4-6-12(13(11)15(16)17)18-10-9-14-7-2-3-8-14;1-5-3-2-4-6(9)7(5)8(10)11;7-3-6-8-4-1-2-5-8;/h4-6H,2-3,7-10H2,1H3;2-4,9H,1H3;1-6H2;1H. The summed E-state index contributed by atoms with van der Waals surface area (Å²) in [5.41, 5.74) is 0.972. The average Bonchev–Trinajstić information content (AvgIpc) is 3.54. The van der Waals surface area contributed by atoms with Gasteiger partial charge >= 0.3 is 11.4 Å². The predicted molar refractivity (Wildman–Crippen MR) is 152 cm³/mol. The maximum Gasteiger partial charge on any atom is 0.313 e. The Bertz CT molecular complexity index is 995. The van der Waals surface area contributed by atoms with E-state index in [-0.39, 0.29) is 34.5 Å². The van der Waals surface area contributed by atoms with E-state index >= 15 is 0 Å². The monoisotopic (exact) mass is 572 g/mol. The van der Waals surface area contributed by atoms with E-state index in [1.54, 1.807) is 44.2 Å². The van der Waals surface area contributed by atoms with Gasteiger partial charge in [-0.1, -0.05) is 24.3 Å². The van der Waals surface area contributed by atoms with Crippen LogP contribution in [0.15, 0.2) is 36.4 Å². The molecule has 1 N–H and O–H groups in total. The van der Waals surface area contributed by atoms with Gasteiger partial charge in [0.15, 0.2) is 11.5 Å². The number of rotatable bonds is 8. The van der Waals surface area contributed by atoms with Crippen LogP contribution in [0.2, 0.25) is 0 Å². The van der Waals surface area contributed by atoms with Crippen molar-refractivity contribution in [2.75, 3.05) is 51.8 Å². The minimum Gasteiger partial charge on any atom is -0.502 e. The van der Waals surface area contributed by atoms with Crippen molar-refractivity contribution in [1.29, 1.82) is 0 Å². The van der Waals surface area contributed by atoms with Crippen LogP contribution in [-0.4, -0.2) is 76.5 Å². The minimum atomic E-state index is -0.593.